The van der Waals surface area contributed by atoms with Gasteiger partial charge in [-0.1, -0.05) is 35.9 Å². The third-order valence-corrected chi connectivity index (χ3v) is 3.63. The van der Waals surface area contributed by atoms with Crippen molar-refractivity contribution in [3.05, 3.63) is 64.4 Å². The second-order valence-electron chi connectivity index (χ2n) is 5.27. The second kappa shape index (κ2) is 7.38. The molecule has 22 heavy (non-hydrogen) atoms. The summed E-state index contributed by atoms with van der Waals surface area (Å²) in [6, 6.07) is 11.9. The van der Waals surface area contributed by atoms with E-state index in [1.807, 2.05) is 43.1 Å². The number of hydrogen-bond donors (Lipinski definition) is 1. The van der Waals surface area contributed by atoms with Gasteiger partial charge < -0.3 is 5.32 Å². The molecule has 0 unspecified atom stereocenters. The summed E-state index contributed by atoms with van der Waals surface area (Å²) in [7, 11) is 1.87. The number of nitrogens with zero attached hydrogens (tertiary/aromatic N) is 1. The highest BCUT2D eigenvalue weighted by Crippen LogP contribution is 2.22. The number of likely N-dealkylation sites (N-methyl/N-ethyl adjacent to an activating group) is 1. The highest BCUT2D eigenvalue weighted by Gasteiger charge is 2.10. The zero-order valence-electron chi connectivity index (χ0n) is 12.6. The van der Waals surface area contributed by atoms with Crippen LogP contribution in [-0.2, 0) is 11.3 Å². The highest BCUT2D eigenvalue weighted by atomic mass is 35.5. The van der Waals surface area contributed by atoms with Crippen molar-refractivity contribution < 1.29 is 9.18 Å². The normalized spacial score (nSPS) is 10.8. The first-order chi connectivity index (χ1) is 10.5. The van der Waals surface area contributed by atoms with Crippen molar-refractivity contribution in [2.75, 3.05) is 18.9 Å². The summed E-state index contributed by atoms with van der Waals surface area (Å²) in [6.45, 7) is 2.95. The fourth-order valence-corrected chi connectivity index (χ4v) is 2.37. The van der Waals surface area contributed by atoms with Crippen LogP contribution in [0.15, 0.2) is 42.5 Å². The molecule has 0 aromatic heterocycles. The predicted octanol–water partition coefficient (Wildman–Crippen LogP) is 3.86. The first kappa shape index (κ1) is 16.5. The molecule has 0 saturated heterocycles. The molecule has 2 aromatic carbocycles. The number of nitrogens with one attached hydrogen (secondary N) is 1. The van der Waals surface area contributed by atoms with E-state index in [0.29, 0.717) is 12.2 Å². The Labute approximate surface area is 134 Å². The van der Waals surface area contributed by atoms with E-state index in [4.69, 9.17) is 11.6 Å². The van der Waals surface area contributed by atoms with E-state index in [9.17, 15) is 9.18 Å². The van der Waals surface area contributed by atoms with Crippen LogP contribution in [0.3, 0.4) is 0 Å². The van der Waals surface area contributed by atoms with Crippen molar-refractivity contribution in [3.63, 3.8) is 0 Å². The standard InChI is InChI=1S/C17H18ClFN2O/c1-12-5-3-4-6-13(12)10-21(2)11-17(22)20-16-8-7-14(19)9-15(16)18/h3-9H,10-11H2,1-2H3,(H,20,22). The Kier molecular flexibility index (Phi) is 5.52. The molecule has 0 aliphatic heterocycles. The average molecular weight is 321 g/mol. The van der Waals surface area contributed by atoms with Crippen molar-refractivity contribution in [2.24, 2.45) is 0 Å². The van der Waals surface area contributed by atoms with Crippen LogP contribution in [-0.4, -0.2) is 24.4 Å². The van der Waals surface area contributed by atoms with Crippen LogP contribution in [0.25, 0.3) is 0 Å². The third kappa shape index (κ3) is 4.55. The summed E-state index contributed by atoms with van der Waals surface area (Å²) in [6.07, 6.45) is 0. The lowest BCUT2D eigenvalue weighted by molar-refractivity contribution is -0.117. The summed E-state index contributed by atoms with van der Waals surface area (Å²) >= 11 is 5.89. The average Bonchev–Trinajstić information content (AvgIpc) is 2.44. The topological polar surface area (TPSA) is 32.3 Å². The molecule has 116 valence electrons. The number of rotatable bonds is 5. The SMILES string of the molecule is Cc1ccccc1CN(C)CC(=O)Nc1ccc(F)cc1Cl. The van der Waals surface area contributed by atoms with Crippen molar-refractivity contribution >= 4 is 23.2 Å². The fourth-order valence-electron chi connectivity index (χ4n) is 2.16. The molecule has 0 saturated carbocycles. The van der Waals surface area contributed by atoms with Gasteiger partial charge in [0.25, 0.3) is 0 Å². The predicted molar refractivity (Wildman–Crippen MR) is 87.6 cm³/mol. The molecule has 0 spiro atoms. The Hall–Kier alpha value is -1.91. The van der Waals surface area contributed by atoms with E-state index >= 15 is 0 Å². The number of amides is 1. The largest absolute Gasteiger partial charge is 0.324 e. The highest BCUT2D eigenvalue weighted by molar-refractivity contribution is 6.33. The molecule has 0 heterocycles. The second-order valence-corrected chi connectivity index (χ2v) is 5.68. The lowest BCUT2D eigenvalue weighted by Gasteiger charge is -2.18. The van der Waals surface area contributed by atoms with Gasteiger partial charge in [-0.2, -0.15) is 0 Å². The first-order valence-electron chi connectivity index (χ1n) is 6.93. The van der Waals surface area contributed by atoms with Gasteiger partial charge in [-0.25, -0.2) is 4.39 Å². The molecule has 0 atom stereocenters. The Morgan fingerprint density at radius 2 is 2.00 bits per heavy atom. The van der Waals surface area contributed by atoms with E-state index in [1.165, 1.54) is 29.3 Å². The van der Waals surface area contributed by atoms with Gasteiger partial charge in [0, 0.05) is 6.54 Å². The Bertz CT molecular complexity index is 675. The molecule has 0 bridgehead atoms. The molecule has 2 rings (SSSR count). The van der Waals surface area contributed by atoms with Gasteiger partial charge in [-0.05, 0) is 43.3 Å². The van der Waals surface area contributed by atoms with Crippen molar-refractivity contribution in [2.45, 2.75) is 13.5 Å². The van der Waals surface area contributed by atoms with Crippen LogP contribution in [0.5, 0.6) is 0 Å². The van der Waals surface area contributed by atoms with Gasteiger partial charge in [-0.15, -0.1) is 0 Å². The van der Waals surface area contributed by atoms with Crippen LogP contribution >= 0.6 is 11.6 Å². The molecule has 0 aliphatic carbocycles. The zero-order chi connectivity index (χ0) is 16.1. The lowest BCUT2D eigenvalue weighted by atomic mass is 10.1. The summed E-state index contributed by atoms with van der Waals surface area (Å²) in [5.74, 6) is -0.621. The molecule has 0 radical (unpaired) electrons. The van der Waals surface area contributed by atoms with Gasteiger partial charge in [0.2, 0.25) is 5.91 Å². The van der Waals surface area contributed by atoms with E-state index in [1.54, 1.807) is 0 Å². The summed E-state index contributed by atoms with van der Waals surface area (Å²) in [5.41, 5.74) is 2.78. The first-order valence-corrected chi connectivity index (χ1v) is 7.31. The van der Waals surface area contributed by atoms with Gasteiger partial charge in [0.1, 0.15) is 5.82 Å². The van der Waals surface area contributed by atoms with Crippen LogP contribution in [0.4, 0.5) is 10.1 Å². The van der Waals surface area contributed by atoms with Crippen LogP contribution in [0, 0.1) is 12.7 Å². The molecule has 3 nitrogen and oxygen atoms in total. The molecule has 1 N–H and O–H groups in total. The maximum atomic E-state index is 13.0. The maximum Gasteiger partial charge on any atom is 0.238 e. The molecule has 5 heteroatoms. The van der Waals surface area contributed by atoms with E-state index in [2.05, 4.69) is 5.32 Å². The molecule has 0 aliphatic rings. The molecular weight excluding hydrogens is 303 g/mol. The van der Waals surface area contributed by atoms with Crippen LogP contribution in [0.2, 0.25) is 5.02 Å². The quantitative estimate of drug-likeness (QED) is 0.907. The maximum absolute atomic E-state index is 13.0. The Balaban J connectivity index is 1.93. The minimum Gasteiger partial charge on any atom is -0.324 e. The molecular formula is C17H18ClFN2O. The van der Waals surface area contributed by atoms with Crippen LogP contribution in [0.1, 0.15) is 11.1 Å². The van der Waals surface area contributed by atoms with Gasteiger partial charge in [-0.3, -0.25) is 9.69 Å². The van der Waals surface area contributed by atoms with E-state index < -0.39 is 5.82 Å². The molecule has 2 aromatic rings. The number of aryl methyl sites for hydroxylation is 1. The lowest BCUT2D eigenvalue weighted by Crippen LogP contribution is -2.30. The number of benzene rings is 2. The summed E-state index contributed by atoms with van der Waals surface area (Å²) in [5, 5.41) is 2.88. The number of carbonyl (C=O) groups is 1. The number of anilines is 1. The number of hydrogen-bond acceptors (Lipinski definition) is 2. The third-order valence-electron chi connectivity index (χ3n) is 3.32. The van der Waals surface area contributed by atoms with Crippen molar-refractivity contribution in [1.82, 2.24) is 4.90 Å². The minimum absolute atomic E-state index is 0.190. The summed E-state index contributed by atoms with van der Waals surface area (Å²) < 4.78 is 13.0. The number of halogens is 2. The van der Waals surface area contributed by atoms with Gasteiger partial charge in [0.05, 0.1) is 17.3 Å². The van der Waals surface area contributed by atoms with Crippen LogP contribution < -0.4 is 5.32 Å². The van der Waals surface area contributed by atoms with Gasteiger partial charge >= 0.3 is 0 Å². The Morgan fingerprint density at radius 1 is 1.27 bits per heavy atom. The monoisotopic (exact) mass is 320 g/mol. The van der Waals surface area contributed by atoms with Crippen molar-refractivity contribution in [3.8, 4) is 0 Å². The minimum atomic E-state index is -0.431. The molecule has 0 fully saturated rings. The Morgan fingerprint density at radius 3 is 2.68 bits per heavy atom. The van der Waals surface area contributed by atoms with Gasteiger partial charge in [0.15, 0.2) is 0 Å². The molecule has 1 amide bonds. The van der Waals surface area contributed by atoms with Crippen molar-refractivity contribution in [1.29, 1.82) is 0 Å². The smallest absolute Gasteiger partial charge is 0.238 e. The van der Waals surface area contributed by atoms with E-state index in [0.717, 1.165) is 0 Å². The number of carbonyl (C=O) groups excluding carboxylic acids is 1. The summed E-state index contributed by atoms with van der Waals surface area (Å²) in [4.78, 5) is 13.9. The van der Waals surface area contributed by atoms with E-state index in [-0.39, 0.29) is 17.5 Å². The fraction of sp³-hybridized carbons (Fsp3) is 0.235. The zero-order valence-corrected chi connectivity index (χ0v) is 13.3.